The van der Waals surface area contributed by atoms with Crippen LogP contribution in [0.15, 0.2) is 30.7 Å². The Bertz CT molecular complexity index is 827. The van der Waals surface area contributed by atoms with Crippen molar-refractivity contribution < 1.29 is 0 Å². The highest BCUT2D eigenvalue weighted by Crippen LogP contribution is 2.29. The van der Waals surface area contributed by atoms with Gasteiger partial charge in [-0.1, -0.05) is 0 Å². The monoisotopic (exact) mass is 309 g/mol. The second kappa shape index (κ2) is 5.49. The van der Waals surface area contributed by atoms with E-state index in [1.807, 2.05) is 19.3 Å². The molecule has 0 aliphatic carbocycles. The summed E-state index contributed by atoms with van der Waals surface area (Å²) < 4.78 is 1.75. The highest BCUT2D eigenvalue weighted by Gasteiger charge is 2.24. The fraction of sp³-hybridized carbons (Fsp3) is 0.375. The van der Waals surface area contributed by atoms with E-state index in [0.717, 1.165) is 48.5 Å². The Morgan fingerprint density at radius 1 is 1.26 bits per heavy atom. The second-order valence-corrected chi connectivity index (χ2v) is 5.96. The zero-order valence-corrected chi connectivity index (χ0v) is 13.1. The second-order valence-electron chi connectivity index (χ2n) is 5.96. The van der Waals surface area contributed by atoms with Gasteiger partial charge < -0.3 is 10.6 Å². The molecule has 4 rings (SSSR count). The van der Waals surface area contributed by atoms with Crippen LogP contribution in [0.1, 0.15) is 24.5 Å². The quantitative estimate of drug-likeness (QED) is 0.776. The van der Waals surface area contributed by atoms with E-state index in [4.69, 9.17) is 10.7 Å². The molecule has 1 aliphatic heterocycles. The highest BCUT2D eigenvalue weighted by atomic mass is 15.3. The molecule has 7 heteroatoms. The van der Waals surface area contributed by atoms with E-state index in [1.54, 1.807) is 17.1 Å². The molecule has 2 N–H and O–H groups in total. The lowest BCUT2D eigenvalue weighted by molar-refractivity contribution is 0.498. The molecular weight excluding hydrogens is 290 g/mol. The third kappa shape index (κ3) is 2.48. The van der Waals surface area contributed by atoms with Crippen LogP contribution in [0.4, 0.5) is 11.6 Å². The predicted octanol–water partition coefficient (Wildman–Crippen LogP) is 1.72. The van der Waals surface area contributed by atoms with Gasteiger partial charge in [-0.25, -0.2) is 14.6 Å². The van der Waals surface area contributed by atoms with Crippen LogP contribution in [-0.2, 0) is 7.05 Å². The third-order valence-corrected chi connectivity index (χ3v) is 4.45. The number of hydrogen-bond acceptors (Lipinski definition) is 6. The van der Waals surface area contributed by atoms with Crippen molar-refractivity contribution in [2.75, 3.05) is 23.7 Å². The first-order chi connectivity index (χ1) is 11.2. The first-order valence-corrected chi connectivity index (χ1v) is 7.82. The van der Waals surface area contributed by atoms with Crippen LogP contribution in [-0.4, -0.2) is 37.8 Å². The van der Waals surface area contributed by atoms with Gasteiger partial charge in [0.1, 0.15) is 5.82 Å². The summed E-state index contributed by atoms with van der Waals surface area (Å²) in [6.45, 7) is 1.92. The molecule has 0 spiro atoms. The molecule has 0 radical (unpaired) electrons. The van der Waals surface area contributed by atoms with Gasteiger partial charge in [0, 0.05) is 44.1 Å². The lowest BCUT2D eigenvalue weighted by Crippen LogP contribution is -2.35. The third-order valence-electron chi connectivity index (χ3n) is 4.45. The molecule has 4 heterocycles. The fourth-order valence-electron chi connectivity index (χ4n) is 3.28. The topological polar surface area (TPSA) is 85.8 Å². The van der Waals surface area contributed by atoms with E-state index in [1.165, 1.54) is 0 Å². The van der Waals surface area contributed by atoms with Crippen LogP contribution in [0.3, 0.4) is 0 Å². The summed E-state index contributed by atoms with van der Waals surface area (Å²) in [5.74, 6) is 1.85. The van der Waals surface area contributed by atoms with Gasteiger partial charge in [-0.2, -0.15) is 5.10 Å². The summed E-state index contributed by atoms with van der Waals surface area (Å²) >= 11 is 0. The summed E-state index contributed by atoms with van der Waals surface area (Å²) in [7, 11) is 1.88. The Morgan fingerprint density at radius 2 is 2.17 bits per heavy atom. The van der Waals surface area contributed by atoms with E-state index < -0.39 is 0 Å². The van der Waals surface area contributed by atoms with Crippen LogP contribution < -0.4 is 10.6 Å². The molecule has 1 fully saturated rings. The van der Waals surface area contributed by atoms with Crippen LogP contribution in [0, 0.1) is 0 Å². The Hall–Kier alpha value is -2.70. The van der Waals surface area contributed by atoms with E-state index in [2.05, 4.69) is 26.0 Å². The molecule has 0 saturated carbocycles. The Labute approximate surface area is 134 Å². The number of nitrogen functional groups attached to an aromatic ring is 1. The molecule has 1 atom stereocenters. The van der Waals surface area contributed by atoms with Gasteiger partial charge in [0.2, 0.25) is 0 Å². The minimum Gasteiger partial charge on any atom is -0.382 e. The number of nitrogens with two attached hydrogens (primary N) is 1. The van der Waals surface area contributed by atoms with Crippen molar-refractivity contribution in [2.24, 2.45) is 7.05 Å². The zero-order valence-electron chi connectivity index (χ0n) is 13.1. The summed E-state index contributed by atoms with van der Waals surface area (Å²) in [5.41, 5.74) is 7.84. The van der Waals surface area contributed by atoms with Crippen molar-refractivity contribution in [1.29, 1.82) is 0 Å². The minimum absolute atomic E-state index is 0.381. The lowest BCUT2D eigenvalue weighted by atomic mass is 9.94. The van der Waals surface area contributed by atoms with Crippen LogP contribution in [0.5, 0.6) is 0 Å². The van der Waals surface area contributed by atoms with Crippen molar-refractivity contribution in [3.8, 4) is 0 Å². The summed E-state index contributed by atoms with van der Waals surface area (Å²) in [6.07, 6.45) is 7.51. The van der Waals surface area contributed by atoms with Crippen LogP contribution in [0.25, 0.3) is 11.0 Å². The van der Waals surface area contributed by atoms with Crippen LogP contribution >= 0.6 is 0 Å². The normalized spacial score (nSPS) is 18.5. The van der Waals surface area contributed by atoms with E-state index in [-0.39, 0.29) is 0 Å². The number of rotatable bonds is 2. The molecule has 23 heavy (non-hydrogen) atoms. The molecule has 1 aliphatic rings. The molecule has 118 valence electrons. The van der Waals surface area contributed by atoms with Gasteiger partial charge in [0.05, 0.1) is 11.6 Å². The Kier molecular flexibility index (Phi) is 3.33. The van der Waals surface area contributed by atoms with Crippen molar-refractivity contribution >= 4 is 22.7 Å². The average Bonchev–Trinajstić information content (AvgIpc) is 2.90. The van der Waals surface area contributed by atoms with E-state index in [9.17, 15) is 0 Å². The maximum atomic E-state index is 5.91. The molecule has 3 aromatic heterocycles. The summed E-state index contributed by atoms with van der Waals surface area (Å²) in [6, 6.07) is 4.10. The molecule has 0 unspecified atom stereocenters. The first-order valence-electron chi connectivity index (χ1n) is 7.82. The minimum atomic E-state index is 0.381. The van der Waals surface area contributed by atoms with Crippen molar-refractivity contribution in [3.63, 3.8) is 0 Å². The first kappa shape index (κ1) is 13.9. The zero-order chi connectivity index (χ0) is 15.8. The molecule has 0 bridgehead atoms. The number of nitrogens with zero attached hydrogens (tertiary/aromatic N) is 6. The van der Waals surface area contributed by atoms with Gasteiger partial charge in [-0.05, 0) is 25.0 Å². The van der Waals surface area contributed by atoms with Gasteiger partial charge in [0.25, 0.3) is 0 Å². The standard InChI is InChI=1S/C16H19N7/c1-22-16-12(15(17)21-22)4-5-13(20-16)11-3-2-8-23(10-11)14-9-18-6-7-19-14/h4-7,9,11H,2-3,8,10H2,1H3,(H2,17,21)/t11-/m0/s1. The number of aromatic nitrogens is 5. The number of aryl methyl sites for hydroxylation is 1. The average molecular weight is 309 g/mol. The molecule has 3 aromatic rings. The SMILES string of the molecule is Cn1nc(N)c2ccc([C@H]3CCCN(c4cnccn4)C3)nc21. The predicted molar refractivity (Wildman–Crippen MR) is 89.1 cm³/mol. The molecule has 0 aromatic carbocycles. The van der Waals surface area contributed by atoms with Gasteiger partial charge >= 0.3 is 0 Å². The lowest BCUT2D eigenvalue weighted by Gasteiger charge is -2.33. The van der Waals surface area contributed by atoms with Crippen molar-refractivity contribution in [1.82, 2.24) is 24.7 Å². The summed E-state index contributed by atoms with van der Waals surface area (Å²) in [5, 5.41) is 5.16. The maximum absolute atomic E-state index is 5.91. The highest BCUT2D eigenvalue weighted by molar-refractivity contribution is 5.86. The number of piperidine rings is 1. The number of anilines is 2. The van der Waals surface area contributed by atoms with Gasteiger partial charge in [0.15, 0.2) is 11.5 Å². The van der Waals surface area contributed by atoms with Crippen LogP contribution in [0.2, 0.25) is 0 Å². The summed E-state index contributed by atoms with van der Waals surface area (Å²) in [4.78, 5) is 15.7. The van der Waals surface area contributed by atoms with Crippen molar-refractivity contribution in [3.05, 3.63) is 36.4 Å². The number of fused-ring (bicyclic) bond motifs is 1. The van der Waals surface area contributed by atoms with Gasteiger partial charge in [-0.3, -0.25) is 4.98 Å². The largest absolute Gasteiger partial charge is 0.382 e. The number of pyridine rings is 1. The van der Waals surface area contributed by atoms with Crippen molar-refractivity contribution in [2.45, 2.75) is 18.8 Å². The molecule has 7 nitrogen and oxygen atoms in total. The molecule has 0 amide bonds. The Morgan fingerprint density at radius 3 is 3.00 bits per heavy atom. The van der Waals surface area contributed by atoms with E-state index in [0.29, 0.717) is 11.7 Å². The maximum Gasteiger partial charge on any atom is 0.159 e. The van der Waals surface area contributed by atoms with E-state index >= 15 is 0 Å². The molecule has 1 saturated heterocycles. The van der Waals surface area contributed by atoms with Gasteiger partial charge in [-0.15, -0.1) is 0 Å². The smallest absolute Gasteiger partial charge is 0.159 e. The number of hydrogen-bond donors (Lipinski definition) is 1. The fourth-order valence-corrected chi connectivity index (χ4v) is 3.28. The Balaban J connectivity index is 1.63. The molecular formula is C16H19N7.